The maximum Gasteiger partial charge on any atom is 0.411 e. The lowest BCUT2D eigenvalue weighted by molar-refractivity contribution is -0.0792. The lowest BCUT2D eigenvalue weighted by Crippen LogP contribution is -2.02. The number of nitrogens with zero attached hydrogens (tertiary/aromatic N) is 2. The number of aromatic amines is 1. The van der Waals surface area contributed by atoms with E-state index in [1.165, 1.54) is 0 Å². The fourth-order valence-electron chi connectivity index (χ4n) is 0.533. The molecule has 66 valence electrons. The van der Waals surface area contributed by atoms with E-state index in [0.717, 1.165) is 6.33 Å². The normalized spacial score (nSPS) is 13.5. The first kappa shape index (κ1) is 9.05. The van der Waals surface area contributed by atoms with E-state index < -0.39 is 11.2 Å². The summed E-state index contributed by atoms with van der Waals surface area (Å²) in [7, 11) is 0. The summed E-state index contributed by atoms with van der Waals surface area (Å²) in [5.74, 6) is -0.103. The molecule has 0 radical (unpaired) electrons. The van der Waals surface area contributed by atoms with Crippen molar-refractivity contribution in [1.29, 1.82) is 0 Å². The van der Waals surface area contributed by atoms with Crippen LogP contribution in [0.5, 0.6) is 0 Å². The maximum absolute atomic E-state index is 11.7. The second-order valence-electron chi connectivity index (χ2n) is 1.87. The van der Waals surface area contributed by atoms with Crippen molar-refractivity contribution in [1.82, 2.24) is 15.2 Å². The van der Waals surface area contributed by atoms with Gasteiger partial charge in [0, 0.05) is 6.08 Å². The van der Waals surface area contributed by atoms with Gasteiger partial charge < -0.3 is 0 Å². The van der Waals surface area contributed by atoms with Crippen molar-refractivity contribution in [2.45, 2.75) is 6.18 Å². The summed E-state index contributed by atoms with van der Waals surface area (Å²) in [5.41, 5.74) is 0. The first-order chi connectivity index (χ1) is 5.49. The Morgan fingerprint density at radius 1 is 1.58 bits per heavy atom. The molecule has 0 bridgehead atoms. The van der Waals surface area contributed by atoms with Gasteiger partial charge in [0.1, 0.15) is 6.33 Å². The van der Waals surface area contributed by atoms with E-state index in [4.69, 9.17) is 11.6 Å². The Kier molecular flexibility index (Phi) is 2.37. The van der Waals surface area contributed by atoms with Crippen molar-refractivity contribution in [2.24, 2.45) is 0 Å². The number of halogens is 4. The van der Waals surface area contributed by atoms with Crippen molar-refractivity contribution < 1.29 is 13.2 Å². The van der Waals surface area contributed by atoms with Gasteiger partial charge in [0.15, 0.2) is 5.82 Å². The summed E-state index contributed by atoms with van der Waals surface area (Å²) in [6.45, 7) is 0. The number of allylic oxidation sites excluding steroid dienone is 1. The Morgan fingerprint density at radius 3 is 2.67 bits per heavy atom. The number of hydrogen-bond donors (Lipinski definition) is 1. The van der Waals surface area contributed by atoms with Crippen LogP contribution in [-0.2, 0) is 0 Å². The van der Waals surface area contributed by atoms with Crippen LogP contribution in [0.1, 0.15) is 5.82 Å². The molecule has 7 heteroatoms. The SMILES string of the molecule is FC(F)(F)/C=C(\Cl)c1ncn[nH]1. The minimum Gasteiger partial charge on any atom is -0.259 e. The third-order valence-corrected chi connectivity index (χ3v) is 1.22. The Bertz CT molecular complexity index is 277. The fourth-order valence-corrected chi connectivity index (χ4v) is 0.747. The molecule has 12 heavy (non-hydrogen) atoms. The minimum atomic E-state index is -4.44. The van der Waals surface area contributed by atoms with Crippen LogP contribution in [0.15, 0.2) is 12.4 Å². The van der Waals surface area contributed by atoms with Crippen LogP contribution in [0.2, 0.25) is 0 Å². The van der Waals surface area contributed by atoms with Crippen LogP contribution in [0.3, 0.4) is 0 Å². The van der Waals surface area contributed by atoms with E-state index in [9.17, 15) is 13.2 Å². The molecule has 1 N–H and O–H groups in total. The van der Waals surface area contributed by atoms with Gasteiger partial charge in [-0.1, -0.05) is 11.6 Å². The third-order valence-electron chi connectivity index (χ3n) is 0.932. The lowest BCUT2D eigenvalue weighted by atomic mass is 10.4. The standard InChI is InChI=1S/C5H3ClF3N3/c6-3(1-5(7,8)9)4-10-2-11-12-4/h1-2H,(H,10,11,12)/b3-1-. The minimum absolute atomic E-state index is 0.0604. The zero-order chi connectivity index (χ0) is 9.19. The van der Waals surface area contributed by atoms with Crippen LogP contribution in [0.25, 0.3) is 5.03 Å². The van der Waals surface area contributed by atoms with E-state index in [-0.39, 0.29) is 11.9 Å². The van der Waals surface area contributed by atoms with Crippen LogP contribution in [-0.4, -0.2) is 21.4 Å². The van der Waals surface area contributed by atoms with Gasteiger partial charge in [-0.15, -0.1) is 0 Å². The van der Waals surface area contributed by atoms with E-state index in [1.807, 2.05) is 0 Å². The summed E-state index contributed by atoms with van der Waals surface area (Å²) in [5, 5.41) is 5.03. The van der Waals surface area contributed by atoms with Crippen molar-refractivity contribution in [2.75, 3.05) is 0 Å². The smallest absolute Gasteiger partial charge is 0.259 e. The molecule has 0 unspecified atom stereocenters. The molecule has 1 aromatic heterocycles. The Hall–Kier alpha value is -1.04. The molecule has 0 amide bonds. The highest BCUT2D eigenvalue weighted by molar-refractivity contribution is 6.48. The molecule has 0 aliphatic heterocycles. The number of alkyl halides is 3. The zero-order valence-electron chi connectivity index (χ0n) is 5.56. The van der Waals surface area contributed by atoms with Gasteiger partial charge in [-0.25, -0.2) is 4.98 Å². The van der Waals surface area contributed by atoms with E-state index >= 15 is 0 Å². The number of rotatable bonds is 1. The number of aromatic nitrogens is 3. The lowest BCUT2D eigenvalue weighted by Gasteiger charge is -1.98. The van der Waals surface area contributed by atoms with Crippen molar-refractivity contribution in [3.63, 3.8) is 0 Å². The molecule has 0 atom stereocenters. The van der Waals surface area contributed by atoms with Crippen molar-refractivity contribution >= 4 is 16.6 Å². The van der Waals surface area contributed by atoms with E-state index in [1.54, 1.807) is 0 Å². The quantitative estimate of drug-likeness (QED) is 0.748. The van der Waals surface area contributed by atoms with Gasteiger partial charge in [-0.3, -0.25) is 5.10 Å². The molecular formula is C5H3ClF3N3. The number of nitrogens with one attached hydrogen (secondary N) is 1. The van der Waals surface area contributed by atoms with Crippen LogP contribution in [0, 0.1) is 0 Å². The predicted octanol–water partition coefficient (Wildman–Crippen LogP) is 1.95. The molecule has 0 fully saturated rings. The van der Waals surface area contributed by atoms with Crippen LogP contribution in [0.4, 0.5) is 13.2 Å². The van der Waals surface area contributed by atoms with Gasteiger partial charge in [-0.05, 0) is 0 Å². The molecule has 1 aromatic rings. The van der Waals surface area contributed by atoms with Gasteiger partial charge in [0.2, 0.25) is 0 Å². The molecule has 0 saturated heterocycles. The summed E-state index contributed by atoms with van der Waals surface area (Å²) < 4.78 is 35.0. The molecule has 0 aromatic carbocycles. The molecule has 1 heterocycles. The van der Waals surface area contributed by atoms with Gasteiger partial charge >= 0.3 is 6.18 Å². The third kappa shape index (κ3) is 2.54. The van der Waals surface area contributed by atoms with Crippen LogP contribution < -0.4 is 0 Å². The second kappa shape index (κ2) is 3.14. The summed E-state index contributed by atoms with van der Waals surface area (Å²) in [6, 6.07) is 0. The molecule has 1 rings (SSSR count). The Labute approximate surface area is 70.3 Å². The van der Waals surface area contributed by atoms with Crippen LogP contribution >= 0.6 is 11.6 Å². The summed E-state index contributed by atoms with van der Waals surface area (Å²) in [6.07, 6.45) is -3.43. The van der Waals surface area contributed by atoms with Gasteiger partial charge in [0.25, 0.3) is 0 Å². The molecule has 0 saturated carbocycles. The summed E-state index contributed by atoms with van der Waals surface area (Å²) >= 11 is 5.24. The van der Waals surface area contributed by atoms with Crippen molar-refractivity contribution in [3.8, 4) is 0 Å². The van der Waals surface area contributed by atoms with E-state index in [2.05, 4.69) is 15.2 Å². The fraction of sp³-hybridized carbons (Fsp3) is 0.200. The second-order valence-corrected chi connectivity index (χ2v) is 2.28. The highest BCUT2D eigenvalue weighted by Gasteiger charge is 2.25. The average molecular weight is 198 g/mol. The van der Waals surface area contributed by atoms with Crippen molar-refractivity contribution in [3.05, 3.63) is 18.2 Å². The first-order valence-electron chi connectivity index (χ1n) is 2.80. The zero-order valence-corrected chi connectivity index (χ0v) is 6.32. The topological polar surface area (TPSA) is 41.6 Å². The molecule has 0 aliphatic carbocycles. The van der Waals surface area contributed by atoms with Gasteiger partial charge in [0.05, 0.1) is 5.03 Å². The number of hydrogen-bond acceptors (Lipinski definition) is 2. The van der Waals surface area contributed by atoms with Gasteiger partial charge in [-0.2, -0.15) is 18.3 Å². The largest absolute Gasteiger partial charge is 0.411 e. The average Bonchev–Trinajstić information content (AvgIpc) is 2.32. The first-order valence-corrected chi connectivity index (χ1v) is 3.17. The predicted molar refractivity (Wildman–Crippen MR) is 36.3 cm³/mol. The monoisotopic (exact) mass is 197 g/mol. The molecular weight excluding hydrogens is 195 g/mol. The summed E-state index contributed by atoms with van der Waals surface area (Å²) in [4.78, 5) is 3.43. The Morgan fingerprint density at radius 2 is 2.25 bits per heavy atom. The molecule has 0 spiro atoms. The Balaban J connectivity index is 2.85. The molecule has 0 aliphatic rings. The van der Waals surface area contributed by atoms with E-state index in [0.29, 0.717) is 0 Å². The number of H-pyrrole nitrogens is 1. The maximum atomic E-state index is 11.7. The molecule has 3 nitrogen and oxygen atoms in total. The highest BCUT2D eigenvalue weighted by atomic mass is 35.5. The highest BCUT2D eigenvalue weighted by Crippen LogP contribution is 2.24.